The third-order valence-corrected chi connectivity index (χ3v) is 4.90. The molecular formula is C23H19BrN2O5. The predicted molar refractivity (Wildman–Crippen MR) is 120 cm³/mol. The molecule has 158 valence electrons. The number of methoxy groups -OCH3 is 2. The number of esters is 1. The lowest BCUT2D eigenvalue weighted by atomic mass is 10.2. The third kappa shape index (κ3) is 5.70. The molecule has 0 aromatic heterocycles. The Kier molecular flexibility index (Phi) is 7.40. The highest BCUT2D eigenvalue weighted by molar-refractivity contribution is 9.10. The van der Waals surface area contributed by atoms with Gasteiger partial charge in [0.05, 0.1) is 31.6 Å². The van der Waals surface area contributed by atoms with E-state index in [4.69, 9.17) is 14.2 Å². The Morgan fingerprint density at radius 3 is 2.32 bits per heavy atom. The fourth-order valence-electron chi connectivity index (χ4n) is 2.62. The van der Waals surface area contributed by atoms with E-state index in [0.29, 0.717) is 32.8 Å². The van der Waals surface area contributed by atoms with Crippen LogP contribution in [0.3, 0.4) is 0 Å². The first kappa shape index (κ1) is 22.0. The van der Waals surface area contributed by atoms with Gasteiger partial charge >= 0.3 is 5.97 Å². The van der Waals surface area contributed by atoms with E-state index >= 15 is 0 Å². The minimum atomic E-state index is -0.525. The predicted octanol–water partition coefficient (Wildman–Crippen LogP) is 4.45. The molecule has 0 bridgehead atoms. The van der Waals surface area contributed by atoms with Gasteiger partial charge in [0.1, 0.15) is 5.75 Å². The van der Waals surface area contributed by atoms with Crippen LogP contribution in [0.5, 0.6) is 17.2 Å². The molecule has 7 nitrogen and oxygen atoms in total. The summed E-state index contributed by atoms with van der Waals surface area (Å²) in [5.41, 5.74) is 4.01. The molecule has 8 heteroatoms. The molecule has 1 N–H and O–H groups in total. The number of carbonyl (C=O) groups is 2. The van der Waals surface area contributed by atoms with Crippen molar-refractivity contribution in [1.82, 2.24) is 5.43 Å². The van der Waals surface area contributed by atoms with Gasteiger partial charge in [0.25, 0.3) is 5.91 Å². The van der Waals surface area contributed by atoms with Gasteiger partial charge in [-0.1, -0.05) is 12.1 Å². The Bertz CT molecular complexity index is 1110. The van der Waals surface area contributed by atoms with Gasteiger partial charge < -0.3 is 14.2 Å². The van der Waals surface area contributed by atoms with Gasteiger partial charge in [0.15, 0.2) is 11.5 Å². The molecule has 0 unspecified atom stereocenters. The molecule has 0 aliphatic rings. The van der Waals surface area contributed by atoms with Crippen LogP contribution in [0, 0.1) is 0 Å². The van der Waals surface area contributed by atoms with Crippen LogP contribution in [-0.4, -0.2) is 32.3 Å². The maximum absolute atomic E-state index is 12.4. The molecule has 0 radical (unpaired) electrons. The van der Waals surface area contributed by atoms with Crippen molar-refractivity contribution in [3.63, 3.8) is 0 Å². The topological polar surface area (TPSA) is 86.2 Å². The number of hydrazone groups is 1. The molecule has 0 aliphatic carbocycles. The van der Waals surface area contributed by atoms with Gasteiger partial charge in [0, 0.05) is 4.47 Å². The van der Waals surface area contributed by atoms with E-state index in [1.54, 1.807) is 60.7 Å². The quantitative estimate of drug-likeness (QED) is 0.232. The van der Waals surface area contributed by atoms with E-state index in [1.807, 2.05) is 6.07 Å². The van der Waals surface area contributed by atoms with Gasteiger partial charge in [0.2, 0.25) is 0 Å². The molecule has 0 atom stereocenters. The molecule has 3 rings (SSSR count). The molecule has 0 heterocycles. The zero-order valence-corrected chi connectivity index (χ0v) is 18.4. The number of amides is 1. The molecule has 31 heavy (non-hydrogen) atoms. The standard InChI is InChI=1S/C23H19BrN2O5/c1-29-20-12-9-16(13-21(20)30-2)23(28)31-17-10-7-15(8-11-17)14-25-26-22(27)18-5-3-4-6-19(18)24/h3-14H,1-2H3,(H,26,27)/b25-14-. The maximum atomic E-state index is 12.4. The summed E-state index contributed by atoms with van der Waals surface area (Å²) >= 11 is 3.33. The number of hydrogen-bond acceptors (Lipinski definition) is 6. The number of halogens is 1. The van der Waals surface area contributed by atoms with E-state index < -0.39 is 5.97 Å². The van der Waals surface area contributed by atoms with Crippen molar-refractivity contribution in [2.75, 3.05) is 14.2 Å². The monoisotopic (exact) mass is 482 g/mol. The number of hydrogen-bond donors (Lipinski definition) is 1. The Morgan fingerprint density at radius 2 is 1.65 bits per heavy atom. The lowest BCUT2D eigenvalue weighted by molar-refractivity contribution is 0.0734. The molecule has 3 aromatic carbocycles. The van der Waals surface area contributed by atoms with Crippen molar-refractivity contribution in [2.45, 2.75) is 0 Å². The van der Waals surface area contributed by atoms with Crippen molar-refractivity contribution in [3.8, 4) is 17.2 Å². The maximum Gasteiger partial charge on any atom is 0.343 e. The largest absolute Gasteiger partial charge is 0.493 e. The zero-order valence-electron chi connectivity index (χ0n) is 16.8. The molecule has 3 aromatic rings. The molecule has 0 saturated heterocycles. The molecule has 0 fully saturated rings. The van der Waals surface area contributed by atoms with E-state index in [1.165, 1.54) is 20.4 Å². The minimum Gasteiger partial charge on any atom is -0.493 e. The van der Waals surface area contributed by atoms with Crippen LogP contribution in [0.4, 0.5) is 0 Å². The summed E-state index contributed by atoms with van der Waals surface area (Å²) in [4.78, 5) is 24.5. The second kappa shape index (κ2) is 10.4. The van der Waals surface area contributed by atoms with Crippen molar-refractivity contribution >= 4 is 34.0 Å². The van der Waals surface area contributed by atoms with Crippen molar-refractivity contribution in [3.05, 3.63) is 87.9 Å². The lowest BCUT2D eigenvalue weighted by Gasteiger charge is -2.09. The Hall–Kier alpha value is -3.65. The fourth-order valence-corrected chi connectivity index (χ4v) is 3.09. The Labute approximate surface area is 187 Å². The highest BCUT2D eigenvalue weighted by Crippen LogP contribution is 2.28. The van der Waals surface area contributed by atoms with Crippen LogP contribution in [0.1, 0.15) is 26.3 Å². The average molecular weight is 483 g/mol. The molecular weight excluding hydrogens is 464 g/mol. The third-order valence-electron chi connectivity index (χ3n) is 4.21. The Morgan fingerprint density at radius 1 is 0.935 bits per heavy atom. The fraction of sp³-hybridized carbons (Fsp3) is 0.0870. The number of nitrogens with zero attached hydrogens (tertiary/aromatic N) is 1. The zero-order chi connectivity index (χ0) is 22.2. The number of ether oxygens (including phenoxy) is 3. The summed E-state index contributed by atoms with van der Waals surface area (Å²) in [6.45, 7) is 0. The van der Waals surface area contributed by atoms with Crippen LogP contribution in [0.25, 0.3) is 0 Å². The highest BCUT2D eigenvalue weighted by Gasteiger charge is 2.13. The van der Waals surface area contributed by atoms with Crippen LogP contribution in [0.15, 0.2) is 76.3 Å². The molecule has 1 amide bonds. The van der Waals surface area contributed by atoms with Gasteiger partial charge in [-0.25, -0.2) is 10.2 Å². The second-order valence-corrected chi connectivity index (χ2v) is 7.06. The summed E-state index contributed by atoms with van der Waals surface area (Å²) in [7, 11) is 3.01. The first-order valence-electron chi connectivity index (χ1n) is 9.14. The first-order chi connectivity index (χ1) is 15.0. The van der Waals surface area contributed by atoms with Gasteiger partial charge in [-0.3, -0.25) is 4.79 Å². The van der Waals surface area contributed by atoms with Crippen LogP contribution >= 0.6 is 15.9 Å². The summed E-state index contributed by atoms with van der Waals surface area (Å²) < 4.78 is 16.4. The van der Waals surface area contributed by atoms with Gasteiger partial charge in [-0.05, 0) is 76.1 Å². The number of rotatable bonds is 7. The second-order valence-electron chi connectivity index (χ2n) is 6.21. The van der Waals surface area contributed by atoms with E-state index in [-0.39, 0.29) is 5.91 Å². The number of carbonyl (C=O) groups excluding carboxylic acids is 2. The summed E-state index contributed by atoms with van der Waals surface area (Å²) in [5.74, 6) is 0.476. The smallest absolute Gasteiger partial charge is 0.343 e. The van der Waals surface area contributed by atoms with Crippen molar-refractivity contribution < 1.29 is 23.8 Å². The lowest BCUT2D eigenvalue weighted by Crippen LogP contribution is -2.18. The molecule has 0 saturated carbocycles. The van der Waals surface area contributed by atoms with Crippen molar-refractivity contribution in [1.29, 1.82) is 0 Å². The first-order valence-corrected chi connectivity index (χ1v) is 9.93. The molecule has 0 spiro atoms. The van der Waals surface area contributed by atoms with E-state index in [2.05, 4.69) is 26.5 Å². The summed E-state index contributed by atoms with van der Waals surface area (Å²) in [6.07, 6.45) is 1.49. The highest BCUT2D eigenvalue weighted by atomic mass is 79.9. The minimum absolute atomic E-state index is 0.329. The number of nitrogens with one attached hydrogen (secondary N) is 1. The number of benzene rings is 3. The van der Waals surface area contributed by atoms with E-state index in [9.17, 15) is 9.59 Å². The van der Waals surface area contributed by atoms with Crippen LogP contribution in [0.2, 0.25) is 0 Å². The normalized spacial score (nSPS) is 10.5. The molecule has 0 aliphatic heterocycles. The summed E-state index contributed by atoms with van der Waals surface area (Å²) in [6, 6.07) is 18.5. The Balaban J connectivity index is 1.60. The van der Waals surface area contributed by atoms with Crippen molar-refractivity contribution in [2.24, 2.45) is 5.10 Å². The van der Waals surface area contributed by atoms with Crippen LogP contribution < -0.4 is 19.6 Å². The summed E-state index contributed by atoms with van der Waals surface area (Å²) in [5, 5.41) is 3.95. The van der Waals surface area contributed by atoms with Crippen LogP contribution in [-0.2, 0) is 0 Å². The van der Waals surface area contributed by atoms with Gasteiger partial charge in [-0.15, -0.1) is 0 Å². The van der Waals surface area contributed by atoms with Gasteiger partial charge in [-0.2, -0.15) is 5.10 Å². The SMILES string of the molecule is COc1ccc(C(=O)Oc2ccc(/C=N\NC(=O)c3ccccc3Br)cc2)cc1OC. The van der Waals surface area contributed by atoms with E-state index in [0.717, 1.165) is 5.56 Å². The average Bonchev–Trinajstić information content (AvgIpc) is 2.79.